The minimum Gasteiger partial charge on any atom is -0.465 e. The van der Waals surface area contributed by atoms with Gasteiger partial charge in [0.1, 0.15) is 12.3 Å². The van der Waals surface area contributed by atoms with Gasteiger partial charge in [0.05, 0.1) is 13.0 Å². The number of esters is 1. The highest BCUT2D eigenvalue weighted by molar-refractivity contribution is 5.71. The summed E-state index contributed by atoms with van der Waals surface area (Å²) in [6.07, 6.45) is -0.0151. The summed E-state index contributed by atoms with van der Waals surface area (Å²) in [5.41, 5.74) is -1.45. The summed E-state index contributed by atoms with van der Waals surface area (Å²) in [5, 5.41) is 9.17. The summed E-state index contributed by atoms with van der Waals surface area (Å²) < 4.78 is 16.5. The second kappa shape index (κ2) is 2.54. The number of carbonyl (C=O) groups excluding carboxylic acids is 1. The molecule has 0 radical (unpaired) electrons. The van der Waals surface area contributed by atoms with Gasteiger partial charge in [-0.3, -0.25) is 4.79 Å². The van der Waals surface area contributed by atoms with E-state index in [1.165, 1.54) is 0 Å². The third-order valence-corrected chi connectivity index (χ3v) is 1.55. The van der Waals surface area contributed by atoms with E-state index in [0.29, 0.717) is 0 Å². The Labute approximate surface area is 57.8 Å². The minimum atomic E-state index is -1.45. The SMILES string of the molecule is O=C1CC(O)(CF)CCO1. The van der Waals surface area contributed by atoms with E-state index in [2.05, 4.69) is 4.74 Å². The van der Waals surface area contributed by atoms with Crippen molar-refractivity contribution < 1.29 is 19.0 Å². The van der Waals surface area contributed by atoms with Gasteiger partial charge in [-0.1, -0.05) is 0 Å². The predicted octanol–water partition coefficient (Wildman–Crippen LogP) is 0.0240. The van der Waals surface area contributed by atoms with Crippen molar-refractivity contribution in [3.05, 3.63) is 0 Å². The third kappa shape index (κ3) is 1.44. The minimum absolute atomic E-state index is 0.124. The number of hydrogen-bond donors (Lipinski definition) is 1. The van der Waals surface area contributed by atoms with Crippen molar-refractivity contribution in [1.82, 2.24) is 0 Å². The van der Waals surface area contributed by atoms with Crippen LogP contribution in [0.4, 0.5) is 4.39 Å². The van der Waals surface area contributed by atoms with Crippen LogP contribution in [0.15, 0.2) is 0 Å². The number of halogens is 1. The Kier molecular flexibility index (Phi) is 1.89. The van der Waals surface area contributed by atoms with Crippen LogP contribution in [0.5, 0.6) is 0 Å². The lowest BCUT2D eigenvalue weighted by atomic mass is 9.96. The fourth-order valence-corrected chi connectivity index (χ4v) is 0.877. The summed E-state index contributed by atoms with van der Waals surface area (Å²) in [6, 6.07) is 0. The largest absolute Gasteiger partial charge is 0.465 e. The second-order valence-corrected chi connectivity index (χ2v) is 2.51. The number of ether oxygens (including phenoxy) is 1. The molecule has 4 heteroatoms. The Bertz CT molecular complexity index is 148. The molecule has 1 rings (SSSR count). The van der Waals surface area contributed by atoms with Crippen molar-refractivity contribution >= 4 is 5.97 Å². The third-order valence-electron chi connectivity index (χ3n) is 1.55. The normalized spacial score (nSPS) is 33.6. The first-order valence-electron chi connectivity index (χ1n) is 3.10. The predicted molar refractivity (Wildman–Crippen MR) is 31.1 cm³/mol. The monoisotopic (exact) mass is 148 g/mol. The molecule has 1 unspecified atom stereocenters. The average molecular weight is 148 g/mol. The molecule has 1 fully saturated rings. The molecule has 1 saturated heterocycles. The standard InChI is InChI=1S/C6H9FO3/c7-4-6(9)1-2-10-5(8)3-6/h9H,1-4H2. The Morgan fingerprint density at radius 2 is 2.50 bits per heavy atom. The fraction of sp³-hybridized carbons (Fsp3) is 0.833. The maximum atomic E-state index is 12.0. The van der Waals surface area contributed by atoms with E-state index in [4.69, 9.17) is 0 Å². The van der Waals surface area contributed by atoms with Crippen LogP contribution in [0, 0.1) is 0 Å². The van der Waals surface area contributed by atoms with Gasteiger partial charge in [0, 0.05) is 6.42 Å². The zero-order valence-electron chi connectivity index (χ0n) is 5.47. The van der Waals surface area contributed by atoms with Crippen molar-refractivity contribution in [2.75, 3.05) is 13.3 Å². The molecule has 0 aliphatic carbocycles. The van der Waals surface area contributed by atoms with Crippen LogP contribution in [-0.4, -0.2) is 30.0 Å². The zero-order valence-corrected chi connectivity index (χ0v) is 5.47. The molecule has 58 valence electrons. The molecule has 10 heavy (non-hydrogen) atoms. The average Bonchev–Trinajstić information content (AvgIpc) is 1.88. The molecule has 1 atom stereocenters. The summed E-state index contributed by atoms with van der Waals surface area (Å²) >= 11 is 0. The highest BCUT2D eigenvalue weighted by Crippen LogP contribution is 2.21. The van der Waals surface area contributed by atoms with Crippen LogP contribution in [-0.2, 0) is 9.53 Å². The van der Waals surface area contributed by atoms with Crippen molar-refractivity contribution in [1.29, 1.82) is 0 Å². The van der Waals surface area contributed by atoms with Crippen LogP contribution >= 0.6 is 0 Å². The maximum absolute atomic E-state index is 12.0. The summed E-state index contributed by atoms with van der Waals surface area (Å²) in [7, 11) is 0. The second-order valence-electron chi connectivity index (χ2n) is 2.51. The van der Waals surface area contributed by atoms with E-state index in [1.807, 2.05) is 0 Å². The number of cyclic esters (lactones) is 1. The van der Waals surface area contributed by atoms with Crippen molar-refractivity contribution in [2.45, 2.75) is 18.4 Å². The lowest BCUT2D eigenvalue weighted by molar-refractivity contribution is -0.160. The molecule has 1 aliphatic rings. The molecule has 0 aromatic carbocycles. The highest BCUT2D eigenvalue weighted by Gasteiger charge is 2.34. The van der Waals surface area contributed by atoms with Gasteiger partial charge in [0.15, 0.2) is 0 Å². The number of carbonyl (C=O) groups is 1. The number of hydrogen-bond acceptors (Lipinski definition) is 3. The Morgan fingerprint density at radius 1 is 1.80 bits per heavy atom. The van der Waals surface area contributed by atoms with Gasteiger partial charge in [0.25, 0.3) is 0 Å². The Morgan fingerprint density at radius 3 is 2.90 bits per heavy atom. The molecule has 1 N–H and O–H groups in total. The van der Waals surface area contributed by atoms with Gasteiger partial charge < -0.3 is 9.84 Å². The van der Waals surface area contributed by atoms with Gasteiger partial charge in [-0.05, 0) is 0 Å². The van der Waals surface area contributed by atoms with Gasteiger partial charge >= 0.3 is 5.97 Å². The Balaban J connectivity index is 2.53. The van der Waals surface area contributed by atoms with Crippen molar-refractivity contribution in [2.24, 2.45) is 0 Å². The lowest BCUT2D eigenvalue weighted by Crippen LogP contribution is -2.40. The maximum Gasteiger partial charge on any atom is 0.308 e. The first-order valence-corrected chi connectivity index (χ1v) is 3.10. The van der Waals surface area contributed by atoms with E-state index >= 15 is 0 Å². The molecule has 3 nitrogen and oxygen atoms in total. The van der Waals surface area contributed by atoms with Gasteiger partial charge in [-0.2, -0.15) is 0 Å². The molecular weight excluding hydrogens is 139 g/mol. The van der Waals surface area contributed by atoms with E-state index < -0.39 is 18.2 Å². The van der Waals surface area contributed by atoms with Crippen molar-refractivity contribution in [3.63, 3.8) is 0 Å². The molecule has 0 saturated carbocycles. The van der Waals surface area contributed by atoms with Gasteiger partial charge in [-0.15, -0.1) is 0 Å². The number of aliphatic hydroxyl groups is 1. The molecule has 0 aromatic rings. The number of rotatable bonds is 1. The van der Waals surface area contributed by atoms with Crippen LogP contribution in [0.2, 0.25) is 0 Å². The fourth-order valence-electron chi connectivity index (χ4n) is 0.877. The molecule has 0 bridgehead atoms. The van der Waals surface area contributed by atoms with Crippen LogP contribution in [0.25, 0.3) is 0 Å². The smallest absolute Gasteiger partial charge is 0.308 e. The lowest BCUT2D eigenvalue weighted by Gasteiger charge is -2.27. The van der Waals surface area contributed by atoms with Crippen LogP contribution in [0.1, 0.15) is 12.8 Å². The van der Waals surface area contributed by atoms with Gasteiger partial charge in [0.2, 0.25) is 0 Å². The summed E-state index contributed by atoms with van der Waals surface area (Å²) in [6.45, 7) is -0.749. The first-order chi connectivity index (χ1) is 4.66. The number of alkyl halides is 1. The molecule has 0 aromatic heterocycles. The quantitative estimate of drug-likeness (QED) is 0.533. The molecule has 1 aliphatic heterocycles. The van der Waals surface area contributed by atoms with Crippen LogP contribution in [0.3, 0.4) is 0 Å². The first kappa shape index (κ1) is 7.47. The highest BCUT2D eigenvalue weighted by atomic mass is 19.1. The topological polar surface area (TPSA) is 46.5 Å². The Hall–Kier alpha value is -0.640. The zero-order chi connectivity index (χ0) is 7.61. The summed E-state index contributed by atoms with van der Waals surface area (Å²) in [4.78, 5) is 10.5. The summed E-state index contributed by atoms with van der Waals surface area (Å²) in [5.74, 6) is -0.522. The van der Waals surface area contributed by atoms with Crippen LogP contribution < -0.4 is 0 Å². The van der Waals surface area contributed by atoms with E-state index in [0.717, 1.165) is 0 Å². The van der Waals surface area contributed by atoms with E-state index in [9.17, 15) is 14.3 Å². The van der Waals surface area contributed by atoms with Gasteiger partial charge in [-0.25, -0.2) is 4.39 Å². The van der Waals surface area contributed by atoms with E-state index in [-0.39, 0.29) is 19.4 Å². The van der Waals surface area contributed by atoms with E-state index in [1.54, 1.807) is 0 Å². The molecule has 0 amide bonds. The molecule has 0 spiro atoms. The molecule has 1 heterocycles. The van der Waals surface area contributed by atoms with Crippen molar-refractivity contribution in [3.8, 4) is 0 Å². The molecular formula is C6H9FO3.